The number of nitrogens with one attached hydrogen (secondary N) is 2. The molecule has 4 N–H and O–H groups in total. The lowest BCUT2D eigenvalue weighted by atomic mass is 9.98. The molecule has 3 atom stereocenters. The van der Waals surface area contributed by atoms with Crippen molar-refractivity contribution in [1.29, 1.82) is 0 Å². The summed E-state index contributed by atoms with van der Waals surface area (Å²) >= 11 is 0. The van der Waals surface area contributed by atoms with E-state index in [9.17, 15) is 14.7 Å². The number of ether oxygens (including phenoxy) is 2. The van der Waals surface area contributed by atoms with Gasteiger partial charge >= 0.3 is 0 Å². The molecule has 1 heterocycles. The van der Waals surface area contributed by atoms with Gasteiger partial charge in [-0.3, -0.25) is 14.8 Å². The molecule has 302 valence electrons. The van der Waals surface area contributed by atoms with E-state index >= 15 is 0 Å². The molecule has 1 fully saturated rings. The number of aliphatic hydroxyl groups is 1. The molecule has 0 radical (unpaired) electrons. The summed E-state index contributed by atoms with van der Waals surface area (Å²) in [6, 6.07) is 24.6. The molecule has 4 rings (SSSR count). The Hall–Kier alpha value is -3.60. The quantitative estimate of drug-likeness (QED) is 0.0366. The normalized spacial score (nSPS) is 17.0. The molecule has 0 spiro atoms. The van der Waals surface area contributed by atoms with Crippen molar-refractivity contribution in [3.8, 4) is 11.1 Å². The van der Waals surface area contributed by atoms with Gasteiger partial charge < -0.3 is 24.8 Å². The highest BCUT2D eigenvalue weighted by atomic mass is 16.7. The number of benzene rings is 3. The van der Waals surface area contributed by atoms with E-state index in [-0.39, 0.29) is 37.6 Å². The Morgan fingerprint density at radius 1 is 0.691 bits per heavy atom. The van der Waals surface area contributed by atoms with Crippen LogP contribution in [0.3, 0.4) is 0 Å². The van der Waals surface area contributed by atoms with E-state index in [4.69, 9.17) is 14.7 Å². The van der Waals surface area contributed by atoms with Gasteiger partial charge in [0.2, 0.25) is 11.8 Å². The average molecular weight is 758 g/mol. The molecule has 2 amide bonds. The summed E-state index contributed by atoms with van der Waals surface area (Å²) in [5, 5.41) is 21.3. The minimum absolute atomic E-state index is 0.00457. The van der Waals surface area contributed by atoms with Crippen molar-refractivity contribution < 1.29 is 29.4 Å². The number of carbonyl (C=O) groups is 2. The number of aliphatic hydroxyl groups excluding tert-OH is 1. The molecule has 1 aliphatic rings. The van der Waals surface area contributed by atoms with E-state index < -0.39 is 12.2 Å². The van der Waals surface area contributed by atoms with Crippen LogP contribution in [0.2, 0.25) is 0 Å². The maximum Gasteiger partial charge on any atom is 0.243 e. The Bertz CT molecular complexity index is 1520. The Labute approximate surface area is 330 Å². The summed E-state index contributed by atoms with van der Waals surface area (Å²) in [6.07, 6.45) is 16.2. The van der Waals surface area contributed by atoms with Gasteiger partial charge in [-0.05, 0) is 72.3 Å². The first-order valence-electron chi connectivity index (χ1n) is 21.0. The van der Waals surface area contributed by atoms with Crippen LogP contribution < -0.4 is 10.8 Å². The molecule has 1 saturated heterocycles. The van der Waals surface area contributed by atoms with E-state index in [0.717, 1.165) is 59.4 Å². The highest BCUT2D eigenvalue weighted by molar-refractivity contribution is 5.78. The maximum absolute atomic E-state index is 12.4. The third kappa shape index (κ3) is 16.2. The fourth-order valence-corrected chi connectivity index (χ4v) is 7.33. The number of unbranched alkanes of at least 4 members (excludes halogenated alkanes) is 10. The van der Waals surface area contributed by atoms with Crippen LogP contribution in [-0.4, -0.2) is 52.8 Å². The van der Waals surface area contributed by atoms with E-state index in [2.05, 4.69) is 66.5 Å². The number of amides is 2. The molecular formula is C46H67N3O6. The van der Waals surface area contributed by atoms with Gasteiger partial charge in [0, 0.05) is 37.9 Å². The second kappa shape index (κ2) is 25.5. The number of hydrogen-bond donors (Lipinski definition) is 4. The Kier molecular flexibility index (Phi) is 20.5. The topological polar surface area (TPSA) is 120 Å². The summed E-state index contributed by atoms with van der Waals surface area (Å²) < 4.78 is 13.6. The fraction of sp³-hybridized carbons (Fsp3) is 0.565. The maximum atomic E-state index is 12.4. The van der Waals surface area contributed by atoms with Crippen LogP contribution in [0.15, 0.2) is 72.8 Å². The van der Waals surface area contributed by atoms with Gasteiger partial charge in [-0.1, -0.05) is 139 Å². The molecule has 9 nitrogen and oxygen atoms in total. The SMILES string of the molecule is CCCCCCCCN(CCCCCCCC)C[C@@H]1C[C@H](c2ccc(CO)cc2)O[C@H](c2cccc(-c3cccc(CNC(=O)CCCC(=O)NO)c3)c2)O1. The first-order chi connectivity index (χ1) is 26.9. The van der Waals surface area contributed by atoms with Crippen LogP contribution >= 0.6 is 0 Å². The smallest absolute Gasteiger partial charge is 0.243 e. The third-order valence-corrected chi connectivity index (χ3v) is 10.6. The van der Waals surface area contributed by atoms with Gasteiger partial charge in [-0.2, -0.15) is 0 Å². The van der Waals surface area contributed by atoms with Crippen molar-refractivity contribution >= 4 is 11.8 Å². The minimum Gasteiger partial charge on any atom is -0.392 e. The minimum atomic E-state index is -0.540. The van der Waals surface area contributed by atoms with Crippen LogP contribution in [0, 0.1) is 0 Å². The van der Waals surface area contributed by atoms with Gasteiger partial charge in [0.05, 0.1) is 18.8 Å². The van der Waals surface area contributed by atoms with Crippen LogP contribution in [-0.2, 0) is 32.2 Å². The summed E-state index contributed by atoms with van der Waals surface area (Å²) in [6.45, 7) is 7.98. The molecular weight excluding hydrogens is 691 g/mol. The van der Waals surface area contributed by atoms with E-state index in [1.807, 2.05) is 30.3 Å². The summed E-state index contributed by atoms with van der Waals surface area (Å²) in [5.74, 6) is -0.638. The second-order valence-corrected chi connectivity index (χ2v) is 15.2. The van der Waals surface area contributed by atoms with Crippen molar-refractivity contribution in [2.75, 3.05) is 19.6 Å². The standard InChI is InChI=1S/C46H67N3O6/c1-3-5-7-9-11-13-28-49(29-14-12-10-8-6-4-2)34-42-32-43(38-26-24-36(35-50)25-27-38)55-46(54-42)41-21-16-20-40(31-41)39-19-15-18-37(30-39)33-47-44(51)22-17-23-45(52)48-53/h15-16,18-21,24-27,30-31,42-43,46,50,53H,3-14,17,22-23,28-29,32-35H2,1-2H3,(H,47,51)(H,48,52)/t42-,43+,46+/m0/s1. The number of hydroxylamine groups is 1. The molecule has 0 saturated carbocycles. The lowest BCUT2D eigenvalue weighted by Gasteiger charge is -2.38. The van der Waals surface area contributed by atoms with E-state index in [1.165, 1.54) is 77.0 Å². The van der Waals surface area contributed by atoms with Crippen LogP contribution in [0.5, 0.6) is 0 Å². The molecule has 3 aromatic carbocycles. The third-order valence-electron chi connectivity index (χ3n) is 10.6. The summed E-state index contributed by atoms with van der Waals surface area (Å²) in [5.41, 5.74) is 7.57. The molecule has 3 aromatic rings. The van der Waals surface area contributed by atoms with E-state index in [1.54, 1.807) is 5.48 Å². The Balaban J connectivity index is 1.47. The van der Waals surface area contributed by atoms with Gasteiger partial charge in [-0.15, -0.1) is 0 Å². The van der Waals surface area contributed by atoms with E-state index in [0.29, 0.717) is 13.0 Å². The van der Waals surface area contributed by atoms with Crippen molar-refractivity contribution in [1.82, 2.24) is 15.7 Å². The van der Waals surface area contributed by atoms with Crippen molar-refractivity contribution in [2.24, 2.45) is 0 Å². The van der Waals surface area contributed by atoms with Crippen molar-refractivity contribution in [3.05, 3.63) is 95.1 Å². The molecule has 9 heteroatoms. The monoisotopic (exact) mass is 758 g/mol. The van der Waals surface area contributed by atoms with Crippen LogP contribution in [0.25, 0.3) is 11.1 Å². The predicted octanol–water partition coefficient (Wildman–Crippen LogP) is 9.71. The number of nitrogens with zero attached hydrogens (tertiary/aromatic N) is 1. The molecule has 1 aliphatic heterocycles. The second-order valence-electron chi connectivity index (χ2n) is 15.2. The molecule has 0 bridgehead atoms. The first kappa shape index (κ1) is 44.1. The number of rotatable bonds is 26. The largest absolute Gasteiger partial charge is 0.392 e. The average Bonchev–Trinajstić information content (AvgIpc) is 3.22. The molecule has 55 heavy (non-hydrogen) atoms. The lowest BCUT2D eigenvalue weighted by Crippen LogP contribution is -2.40. The van der Waals surface area contributed by atoms with Crippen LogP contribution in [0.4, 0.5) is 0 Å². The molecule has 0 aromatic heterocycles. The van der Waals surface area contributed by atoms with Gasteiger partial charge in [0.1, 0.15) is 0 Å². The molecule has 0 aliphatic carbocycles. The highest BCUT2D eigenvalue weighted by Gasteiger charge is 2.33. The van der Waals surface area contributed by atoms with Crippen molar-refractivity contribution in [3.63, 3.8) is 0 Å². The first-order valence-corrected chi connectivity index (χ1v) is 21.0. The Morgan fingerprint density at radius 3 is 1.96 bits per heavy atom. The molecule has 0 unspecified atom stereocenters. The Morgan fingerprint density at radius 2 is 1.31 bits per heavy atom. The highest BCUT2D eigenvalue weighted by Crippen LogP contribution is 2.39. The summed E-state index contributed by atoms with van der Waals surface area (Å²) in [7, 11) is 0. The van der Waals surface area contributed by atoms with Gasteiger partial charge in [-0.25, -0.2) is 5.48 Å². The summed E-state index contributed by atoms with van der Waals surface area (Å²) in [4.78, 5) is 26.3. The zero-order valence-corrected chi connectivity index (χ0v) is 33.5. The predicted molar refractivity (Wildman–Crippen MR) is 219 cm³/mol. The fourth-order valence-electron chi connectivity index (χ4n) is 7.33. The van der Waals surface area contributed by atoms with Crippen molar-refractivity contribution in [2.45, 2.75) is 148 Å². The lowest BCUT2D eigenvalue weighted by molar-refractivity contribution is -0.253. The van der Waals surface area contributed by atoms with Crippen LogP contribution in [0.1, 0.15) is 151 Å². The number of hydrogen-bond acceptors (Lipinski definition) is 7. The zero-order valence-electron chi connectivity index (χ0n) is 33.5. The van der Waals surface area contributed by atoms with Gasteiger partial charge in [0.15, 0.2) is 6.29 Å². The number of carbonyl (C=O) groups excluding carboxylic acids is 2. The zero-order chi connectivity index (χ0) is 39.1. The van der Waals surface area contributed by atoms with Gasteiger partial charge in [0.25, 0.3) is 0 Å².